The molecule has 3 rings (SSSR count). The van der Waals surface area contributed by atoms with Crippen molar-refractivity contribution in [1.29, 1.82) is 0 Å². The smallest absolute Gasteiger partial charge is 0.0540 e. The summed E-state index contributed by atoms with van der Waals surface area (Å²) < 4.78 is 0. The van der Waals surface area contributed by atoms with Crippen LogP contribution in [0.1, 0.15) is 83.5 Å². The van der Waals surface area contributed by atoms with Gasteiger partial charge in [-0.3, -0.25) is 0 Å². The fourth-order valence-electron chi connectivity index (χ4n) is 5.32. The van der Waals surface area contributed by atoms with Crippen LogP contribution in [0.2, 0.25) is 0 Å². The van der Waals surface area contributed by atoms with E-state index in [0.717, 1.165) is 36.6 Å². The van der Waals surface area contributed by atoms with Gasteiger partial charge in [-0.1, -0.05) is 38.5 Å². The lowest BCUT2D eigenvalue weighted by Gasteiger charge is -2.41. The zero-order valence-electron chi connectivity index (χ0n) is 13.7. The van der Waals surface area contributed by atoms with Crippen LogP contribution in [0.4, 0.5) is 0 Å². The second-order valence-electron chi connectivity index (χ2n) is 8.01. The van der Waals surface area contributed by atoms with Gasteiger partial charge in [-0.15, -0.1) is 0 Å². The van der Waals surface area contributed by atoms with Crippen molar-refractivity contribution in [2.45, 2.75) is 95.6 Å². The van der Waals surface area contributed by atoms with Crippen molar-refractivity contribution in [3.05, 3.63) is 0 Å². The summed E-state index contributed by atoms with van der Waals surface area (Å²) in [4.78, 5) is 0. The lowest BCUT2D eigenvalue weighted by Crippen LogP contribution is -2.39. The number of hydrogen-bond donors (Lipinski definition) is 2. The Morgan fingerprint density at radius 2 is 1.43 bits per heavy atom. The maximum Gasteiger partial charge on any atom is 0.0540 e. The van der Waals surface area contributed by atoms with Gasteiger partial charge in [0.2, 0.25) is 0 Å². The molecule has 2 heteroatoms. The van der Waals surface area contributed by atoms with Crippen LogP contribution in [-0.2, 0) is 0 Å². The van der Waals surface area contributed by atoms with E-state index < -0.39 is 0 Å². The quantitative estimate of drug-likeness (QED) is 0.811. The number of hydrogen-bond acceptors (Lipinski definition) is 2. The van der Waals surface area contributed by atoms with E-state index in [1.165, 1.54) is 77.2 Å². The fourth-order valence-corrected chi connectivity index (χ4v) is 5.32. The van der Waals surface area contributed by atoms with Gasteiger partial charge in [-0.05, 0) is 69.2 Å². The van der Waals surface area contributed by atoms with E-state index in [1.54, 1.807) is 0 Å². The summed E-state index contributed by atoms with van der Waals surface area (Å²) in [6, 6.07) is 0.789. The topological polar surface area (TPSA) is 32.3 Å². The average molecular weight is 293 g/mol. The Morgan fingerprint density at radius 3 is 2.10 bits per heavy atom. The fraction of sp³-hybridized carbons (Fsp3) is 1.00. The van der Waals surface area contributed by atoms with Crippen LogP contribution in [0, 0.1) is 17.8 Å². The van der Waals surface area contributed by atoms with Crippen molar-refractivity contribution in [3.63, 3.8) is 0 Å². The van der Waals surface area contributed by atoms with Crippen LogP contribution in [0.25, 0.3) is 0 Å². The van der Waals surface area contributed by atoms with Gasteiger partial charge in [0.25, 0.3) is 0 Å². The lowest BCUT2D eigenvalue weighted by atomic mass is 9.67. The Bertz CT molecular complexity index is 286. The number of aliphatic hydroxyl groups excluding tert-OH is 1. The normalized spacial score (nSPS) is 37.3. The highest BCUT2D eigenvalue weighted by atomic mass is 16.3. The zero-order valence-corrected chi connectivity index (χ0v) is 13.7. The van der Waals surface area contributed by atoms with Crippen molar-refractivity contribution in [1.82, 2.24) is 5.32 Å². The second kappa shape index (κ2) is 7.97. The number of piperidine rings is 1. The Labute approximate surface area is 131 Å². The molecule has 3 aliphatic rings. The minimum Gasteiger partial charge on any atom is -0.393 e. The molecule has 0 amide bonds. The van der Waals surface area contributed by atoms with Crippen LogP contribution in [0.15, 0.2) is 0 Å². The highest BCUT2D eigenvalue weighted by Crippen LogP contribution is 2.42. The van der Waals surface area contributed by atoms with E-state index in [4.69, 9.17) is 0 Å². The molecule has 2 nitrogen and oxygen atoms in total. The van der Waals surface area contributed by atoms with Gasteiger partial charge in [0.15, 0.2) is 0 Å². The summed E-state index contributed by atoms with van der Waals surface area (Å²) in [5.74, 6) is 2.83. The van der Waals surface area contributed by atoms with Crippen LogP contribution in [-0.4, -0.2) is 23.8 Å². The third kappa shape index (κ3) is 4.45. The Morgan fingerprint density at radius 1 is 0.762 bits per heavy atom. The molecule has 1 aliphatic heterocycles. The maximum atomic E-state index is 9.83. The van der Waals surface area contributed by atoms with Crippen LogP contribution >= 0.6 is 0 Å². The average Bonchev–Trinajstić information content (AvgIpc) is 2.55. The second-order valence-corrected chi connectivity index (χ2v) is 8.01. The van der Waals surface area contributed by atoms with Gasteiger partial charge in [-0.2, -0.15) is 0 Å². The third-order valence-electron chi connectivity index (χ3n) is 6.57. The monoisotopic (exact) mass is 293 g/mol. The molecular formula is C19H35NO. The molecule has 0 aromatic carbocycles. The van der Waals surface area contributed by atoms with Crippen LogP contribution in [0.3, 0.4) is 0 Å². The van der Waals surface area contributed by atoms with E-state index >= 15 is 0 Å². The zero-order chi connectivity index (χ0) is 14.5. The molecule has 0 aromatic heterocycles. The van der Waals surface area contributed by atoms with E-state index in [0.29, 0.717) is 0 Å². The molecule has 3 fully saturated rings. The molecule has 0 bridgehead atoms. The van der Waals surface area contributed by atoms with Gasteiger partial charge in [-0.25, -0.2) is 0 Å². The minimum absolute atomic E-state index is 0.000983. The molecule has 0 unspecified atom stereocenters. The van der Waals surface area contributed by atoms with Crippen molar-refractivity contribution >= 4 is 0 Å². The van der Waals surface area contributed by atoms with E-state index in [1.807, 2.05) is 0 Å². The first-order valence-electron chi connectivity index (χ1n) is 9.74. The number of rotatable bonds is 4. The van der Waals surface area contributed by atoms with E-state index in [9.17, 15) is 5.11 Å². The summed E-state index contributed by atoms with van der Waals surface area (Å²) >= 11 is 0. The van der Waals surface area contributed by atoms with Gasteiger partial charge in [0, 0.05) is 6.04 Å². The molecule has 2 aliphatic carbocycles. The van der Waals surface area contributed by atoms with E-state index in [-0.39, 0.29) is 6.10 Å². The molecule has 21 heavy (non-hydrogen) atoms. The van der Waals surface area contributed by atoms with Crippen LogP contribution < -0.4 is 5.32 Å². The third-order valence-corrected chi connectivity index (χ3v) is 6.57. The van der Waals surface area contributed by atoms with Gasteiger partial charge >= 0.3 is 0 Å². The van der Waals surface area contributed by atoms with Crippen LogP contribution in [0.5, 0.6) is 0 Å². The predicted octanol–water partition coefficient (Wildman–Crippen LogP) is 4.27. The van der Waals surface area contributed by atoms with E-state index in [2.05, 4.69) is 5.32 Å². The predicted molar refractivity (Wildman–Crippen MR) is 88.3 cm³/mol. The first-order valence-corrected chi connectivity index (χ1v) is 9.74. The van der Waals surface area contributed by atoms with Gasteiger partial charge in [0.05, 0.1) is 6.10 Å². The summed E-state index contributed by atoms with van der Waals surface area (Å²) in [5, 5.41) is 13.6. The largest absolute Gasteiger partial charge is 0.393 e. The first-order chi connectivity index (χ1) is 10.3. The number of nitrogens with one attached hydrogen (secondary N) is 1. The molecule has 0 spiro atoms. The molecule has 0 radical (unpaired) electrons. The first kappa shape index (κ1) is 15.8. The summed E-state index contributed by atoms with van der Waals surface area (Å²) in [6.45, 7) is 1.24. The molecule has 2 atom stereocenters. The van der Waals surface area contributed by atoms with Crippen molar-refractivity contribution in [3.8, 4) is 0 Å². The molecule has 122 valence electrons. The Kier molecular flexibility index (Phi) is 5.99. The standard InChI is InChI=1S/C19H35NO/c21-18-11-9-16(10-12-18)19(15-6-2-1-3-7-15)14-17-8-4-5-13-20-17/h15-21H,1-14H2/t16?,17-,18?,19-/m0/s1. The minimum atomic E-state index is 0.000983. The molecule has 2 N–H and O–H groups in total. The molecule has 1 saturated heterocycles. The van der Waals surface area contributed by atoms with Crippen molar-refractivity contribution < 1.29 is 5.11 Å². The van der Waals surface area contributed by atoms with Gasteiger partial charge in [0.1, 0.15) is 0 Å². The Balaban J connectivity index is 1.61. The SMILES string of the molecule is OC1CCC([C@@H](C[C@@H]2CCCCN2)C2CCCCC2)CC1. The molecule has 1 heterocycles. The maximum absolute atomic E-state index is 9.83. The summed E-state index contributed by atoms with van der Waals surface area (Å²) in [6.07, 6.45) is 17.7. The van der Waals surface area contributed by atoms with Crippen molar-refractivity contribution in [2.24, 2.45) is 17.8 Å². The van der Waals surface area contributed by atoms with Crippen molar-refractivity contribution in [2.75, 3.05) is 6.54 Å². The summed E-state index contributed by atoms with van der Waals surface area (Å²) in [7, 11) is 0. The molecule has 2 saturated carbocycles. The van der Waals surface area contributed by atoms with Gasteiger partial charge < -0.3 is 10.4 Å². The lowest BCUT2D eigenvalue weighted by molar-refractivity contribution is 0.0597. The summed E-state index contributed by atoms with van der Waals surface area (Å²) in [5.41, 5.74) is 0. The molecule has 0 aromatic rings. The Hall–Kier alpha value is -0.0800. The molecular weight excluding hydrogens is 258 g/mol. The highest BCUT2D eigenvalue weighted by molar-refractivity contribution is 4.87. The number of aliphatic hydroxyl groups is 1. The highest BCUT2D eigenvalue weighted by Gasteiger charge is 2.34.